The lowest BCUT2D eigenvalue weighted by Gasteiger charge is -1.94. The molecule has 0 saturated heterocycles. The van der Waals surface area contributed by atoms with Crippen molar-refractivity contribution in [2.75, 3.05) is 0 Å². The number of aromatic nitrogens is 1. The summed E-state index contributed by atoms with van der Waals surface area (Å²) in [6.07, 6.45) is 1.78. The molecule has 4 heteroatoms. The van der Waals surface area contributed by atoms with Crippen molar-refractivity contribution in [2.24, 2.45) is 5.14 Å². The van der Waals surface area contributed by atoms with Gasteiger partial charge in [0.1, 0.15) is 0 Å². The fraction of sp³-hybridized carbons (Fsp3) is 0. The number of fused-ring (bicyclic) bond motifs is 1. The van der Waals surface area contributed by atoms with Crippen LogP contribution in [0.3, 0.4) is 0 Å². The van der Waals surface area contributed by atoms with Crippen molar-refractivity contribution in [1.82, 2.24) is 4.98 Å². The number of hydrogen-bond donors (Lipinski definition) is 1. The number of pyridine rings is 1. The van der Waals surface area contributed by atoms with Crippen molar-refractivity contribution in [3.63, 3.8) is 0 Å². The molecule has 0 aliphatic heterocycles. The van der Waals surface area contributed by atoms with Crippen molar-refractivity contribution < 1.29 is 0 Å². The highest BCUT2D eigenvalue weighted by molar-refractivity contribution is 7.97. The minimum atomic E-state index is 1.03. The highest BCUT2D eigenvalue weighted by Gasteiger charge is 2.00. The van der Waals surface area contributed by atoms with Gasteiger partial charge in [0.15, 0.2) is 0 Å². The monoisotopic (exact) mass is 182 g/mol. The Labute approximate surface area is 72.6 Å². The van der Waals surface area contributed by atoms with Gasteiger partial charge in [-0.3, -0.25) is 10.1 Å². The SMILES string of the molecule is NSc1ccnc2ccsc12. The zero-order chi connectivity index (χ0) is 7.68. The largest absolute Gasteiger partial charge is 0.274 e. The second-order valence-electron chi connectivity index (χ2n) is 2.06. The summed E-state index contributed by atoms with van der Waals surface area (Å²) in [5, 5.41) is 7.50. The molecule has 11 heavy (non-hydrogen) atoms. The summed E-state index contributed by atoms with van der Waals surface area (Å²) in [6.45, 7) is 0. The maximum atomic E-state index is 5.47. The van der Waals surface area contributed by atoms with Gasteiger partial charge in [0.2, 0.25) is 0 Å². The molecule has 0 radical (unpaired) electrons. The Bertz CT molecular complexity index is 369. The van der Waals surface area contributed by atoms with Gasteiger partial charge in [0.05, 0.1) is 10.2 Å². The predicted molar refractivity (Wildman–Crippen MR) is 49.7 cm³/mol. The van der Waals surface area contributed by atoms with Gasteiger partial charge in [0.25, 0.3) is 0 Å². The van der Waals surface area contributed by atoms with Crippen molar-refractivity contribution in [3.05, 3.63) is 23.7 Å². The first kappa shape index (κ1) is 7.09. The van der Waals surface area contributed by atoms with Crippen LogP contribution in [-0.4, -0.2) is 4.98 Å². The van der Waals surface area contributed by atoms with Crippen LogP contribution in [-0.2, 0) is 0 Å². The molecule has 0 amide bonds. The molecule has 2 aromatic heterocycles. The maximum absolute atomic E-state index is 5.47. The molecule has 0 fully saturated rings. The fourth-order valence-electron chi connectivity index (χ4n) is 0.942. The van der Waals surface area contributed by atoms with E-state index in [1.807, 2.05) is 17.5 Å². The number of nitrogens with zero attached hydrogens (tertiary/aromatic N) is 1. The average Bonchev–Trinajstić information content (AvgIpc) is 2.50. The normalized spacial score (nSPS) is 10.6. The van der Waals surface area contributed by atoms with E-state index in [4.69, 9.17) is 5.14 Å². The van der Waals surface area contributed by atoms with Crippen molar-refractivity contribution in [3.8, 4) is 0 Å². The molecule has 56 valence electrons. The quantitative estimate of drug-likeness (QED) is 0.687. The Kier molecular flexibility index (Phi) is 1.81. The Morgan fingerprint density at radius 2 is 2.36 bits per heavy atom. The van der Waals surface area contributed by atoms with Gasteiger partial charge >= 0.3 is 0 Å². The van der Waals surface area contributed by atoms with E-state index in [0.29, 0.717) is 0 Å². The molecule has 0 bridgehead atoms. The first-order chi connectivity index (χ1) is 5.42. The van der Waals surface area contributed by atoms with E-state index >= 15 is 0 Å². The molecule has 2 aromatic rings. The summed E-state index contributed by atoms with van der Waals surface area (Å²) < 4.78 is 1.18. The Balaban J connectivity index is 2.79. The summed E-state index contributed by atoms with van der Waals surface area (Å²) >= 11 is 2.95. The van der Waals surface area contributed by atoms with E-state index in [1.165, 1.54) is 16.6 Å². The van der Waals surface area contributed by atoms with Gasteiger partial charge in [-0.2, -0.15) is 0 Å². The van der Waals surface area contributed by atoms with Gasteiger partial charge in [-0.05, 0) is 29.5 Å². The predicted octanol–water partition coefficient (Wildman–Crippen LogP) is 2.26. The molecule has 0 aliphatic carbocycles. The smallest absolute Gasteiger partial charge is 0.0821 e. The van der Waals surface area contributed by atoms with E-state index in [-0.39, 0.29) is 0 Å². The number of nitrogens with two attached hydrogens (primary N) is 1. The number of hydrogen-bond acceptors (Lipinski definition) is 4. The molecule has 0 aromatic carbocycles. The standard InChI is InChI=1S/C7H6N2S2/c8-11-6-1-3-9-5-2-4-10-7(5)6/h1-4H,8H2. The minimum Gasteiger partial charge on any atom is -0.274 e. The average molecular weight is 182 g/mol. The Morgan fingerprint density at radius 1 is 1.45 bits per heavy atom. The molecule has 2 N–H and O–H groups in total. The summed E-state index contributed by atoms with van der Waals surface area (Å²) in [7, 11) is 0. The zero-order valence-electron chi connectivity index (χ0n) is 5.65. The molecule has 0 spiro atoms. The first-order valence-corrected chi connectivity index (χ1v) is 4.86. The molecule has 0 aliphatic rings. The van der Waals surface area contributed by atoms with E-state index in [0.717, 1.165) is 10.4 Å². The van der Waals surface area contributed by atoms with Gasteiger partial charge in [-0.15, -0.1) is 11.3 Å². The molecular weight excluding hydrogens is 176 g/mol. The third-order valence-electron chi connectivity index (χ3n) is 1.43. The molecular formula is C7H6N2S2. The van der Waals surface area contributed by atoms with Crippen LogP contribution in [0.5, 0.6) is 0 Å². The summed E-state index contributed by atoms with van der Waals surface area (Å²) in [4.78, 5) is 5.29. The van der Waals surface area contributed by atoms with Crippen molar-refractivity contribution in [1.29, 1.82) is 0 Å². The zero-order valence-corrected chi connectivity index (χ0v) is 7.28. The van der Waals surface area contributed by atoms with Gasteiger partial charge in [0, 0.05) is 11.1 Å². The van der Waals surface area contributed by atoms with E-state index in [1.54, 1.807) is 17.5 Å². The molecule has 0 saturated carbocycles. The highest BCUT2D eigenvalue weighted by atomic mass is 32.2. The number of rotatable bonds is 1. The van der Waals surface area contributed by atoms with Crippen LogP contribution in [0.25, 0.3) is 10.2 Å². The second-order valence-corrected chi connectivity index (χ2v) is 3.65. The van der Waals surface area contributed by atoms with Gasteiger partial charge < -0.3 is 0 Å². The first-order valence-electron chi connectivity index (χ1n) is 3.11. The van der Waals surface area contributed by atoms with Gasteiger partial charge in [-0.1, -0.05) is 0 Å². The highest BCUT2D eigenvalue weighted by Crippen LogP contribution is 2.27. The Hall–Kier alpha value is -0.580. The lowest BCUT2D eigenvalue weighted by molar-refractivity contribution is 1.37. The summed E-state index contributed by atoms with van der Waals surface area (Å²) in [5.74, 6) is 0. The fourth-order valence-corrected chi connectivity index (χ4v) is 2.34. The van der Waals surface area contributed by atoms with Crippen LogP contribution >= 0.6 is 23.3 Å². The van der Waals surface area contributed by atoms with E-state index in [2.05, 4.69) is 4.98 Å². The minimum absolute atomic E-state index is 1.03. The topological polar surface area (TPSA) is 38.9 Å². The van der Waals surface area contributed by atoms with Crippen LogP contribution in [0.4, 0.5) is 0 Å². The number of thiophene rings is 1. The third-order valence-corrected chi connectivity index (χ3v) is 3.10. The molecule has 2 rings (SSSR count). The second kappa shape index (κ2) is 2.81. The summed E-state index contributed by atoms with van der Waals surface area (Å²) in [6, 6.07) is 3.93. The van der Waals surface area contributed by atoms with Crippen LogP contribution in [0.2, 0.25) is 0 Å². The molecule has 0 atom stereocenters. The lowest BCUT2D eigenvalue weighted by Crippen LogP contribution is -1.80. The molecule has 2 heterocycles. The van der Waals surface area contributed by atoms with Crippen molar-refractivity contribution >= 4 is 33.5 Å². The molecule has 2 nitrogen and oxygen atoms in total. The van der Waals surface area contributed by atoms with E-state index in [9.17, 15) is 0 Å². The van der Waals surface area contributed by atoms with Crippen LogP contribution < -0.4 is 5.14 Å². The third kappa shape index (κ3) is 1.13. The van der Waals surface area contributed by atoms with Crippen LogP contribution in [0, 0.1) is 0 Å². The maximum Gasteiger partial charge on any atom is 0.0821 e. The molecule has 0 unspecified atom stereocenters. The lowest BCUT2D eigenvalue weighted by atomic mass is 10.4. The van der Waals surface area contributed by atoms with E-state index < -0.39 is 0 Å². The Morgan fingerprint density at radius 3 is 3.18 bits per heavy atom. The van der Waals surface area contributed by atoms with Gasteiger partial charge in [-0.25, -0.2) is 0 Å². The van der Waals surface area contributed by atoms with Crippen LogP contribution in [0.1, 0.15) is 0 Å². The summed E-state index contributed by atoms with van der Waals surface area (Å²) in [5.41, 5.74) is 1.03. The van der Waals surface area contributed by atoms with Crippen LogP contribution in [0.15, 0.2) is 28.6 Å². The van der Waals surface area contributed by atoms with Crippen molar-refractivity contribution in [2.45, 2.75) is 4.90 Å².